The fraction of sp³-hybridized carbons (Fsp3) is 0.690. The molecule has 0 aromatic heterocycles. The van der Waals surface area contributed by atoms with Crippen molar-refractivity contribution in [3.63, 3.8) is 0 Å². The van der Waals surface area contributed by atoms with Crippen molar-refractivity contribution in [2.45, 2.75) is 104 Å². The standard InChI is InChI=1S/C29H41N/c1-22-16-26(21-30)20-28(17-22)27-8-5-7-25(19-27)18-24-11-9-23(10-12-24)6-3-4-13-29(2)14-15-29/h7,9,11,19,22,26,28H,3-6,8,10,12-18,20H2,1-2H3. The zero-order chi connectivity index (χ0) is 21.0. The minimum Gasteiger partial charge on any atom is -0.198 e. The van der Waals surface area contributed by atoms with Crippen LogP contribution in [0.2, 0.25) is 0 Å². The Labute approximate surface area is 185 Å². The number of nitrogens with zero attached hydrogens (tertiary/aromatic N) is 1. The third kappa shape index (κ3) is 6.00. The molecule has 0 amide bonds. The summed E-state index contributed by atoms with van der Waals surface area (Å²) in [6.07, 6.45) is 27.9. The second-order valence-corrected chi connectivity index (χ2v) is 11.2. The Morgan fingerprint density at radius 3 is 2.57 bits per heavy atom. The third-order valence-electron chi connectivity index (χ3n) is 8.25. The van der Waals surface area contributed by atoms with Gasteiger partial charge in [0.2, 0.25) is 0 Å². The Bertz CT molecular complexity index is 780. The largest absolute Gasteiger partial charge is 0.198 e. The van der Waals surface area contributed by atoms with E-state index in [2.05, 4.69) is 44.2 Å². The van der Waals surface area contributed by atoms with Crippen molar-refractivity contribution in [2.75, 3.05) is 0 Å². The first kappa shape index (κ1) is 21.7. The van der Waals surface area contributed by atoms with Crippen LogP contribution in [0, 0.1) is 34.5 Å². The molecular weight excluding hydrogens is 362 g/mol. The molecule has 1 nitrogen and oxygen atoms in total. The minimum atomic E-state index is 0.269. The first-order chi connectivity index (χ1) is 14.5. The fourth-order valence-electron chi connectivity index (χ4n) is 5.96. The molecule has 0 aromatic rings. The predicted molar refractivity (Wildman–Crippen MR) is 127 cm³/mol. The highest BCUT2D eigenvalue weighted by atomic mass is 14.4. The van der Waals surface area contributed by atoms with Crippen LogP contribution < -0.4 is 0 Å². The van der Waals surface area contributed by atoms with E-state index in [4.69, 9.17) is 0 Å². The van der Waals surface area contributed by atoms with E-state index < -0.39 is 0 Å². The Hall–Kier alpha value is -1.55. The van der Waals surface area contributed by atoms with Crippen molar-refractivity contribution in [3.8, 4) is 6.07 Å². The lowest BCUT2D eigenvalue weighted by Crippen LogP contribution is -2.22. The van der Waals surface area contributed by atoms with Gasteiger partial charge in [-0.05, 0) is 106 Å². The summed E-state index contributed by atoms with van der Waals surface area (Å²) in [7, 11) is 0. The lowest BCUT2D eigenvalue weighted by Gasteiger charge is -2.33. The number of nitriles is 1. The number of hydrogen-bond acceptors (Lipinski definition) is 1. The summed E-state index contributed by atoms with van der Waals surface area (Å²) in [6, 6.07) is 2.56. The molecule has 162 valence electrons. The highest BCUT2D eigenvalue weighted by Gasteiger charge is 2.36. The van der Waals surface area contributed by atoms with Crippen LogP contribution in [-0.4, -0.2) is 0 Å². The van der Waals surface area contributed by atoms with E-state index in [1.54, 1.807) is 16.7 Å². The van der Waals surface area contributed by atoms with Crippen molar-refractivity contribution >= 4 is 0 Å². The molecular formula is C29H41N. The quantitative estimate of drug-likeness (QED) is 0.372. The SMILES string of the molecule is CC1CC(C#N)CC(C2=CC(CC3=CC=C(CCCCC4(C)CC4)CC3)=CCC2)C1. The molecule has 0 saturated heterocycles. The molecule has 4 aliphatic carbocycles. The molecule has 0 aliphatic heterocycles. The highest BCUT2D eigenvalue weighted by molar-refractivity contribution is 5.35. The van der Waals surface area contributed by atoms with Crippen LogP contribution in [0.4, 0.5) is 0 Å². The second-order valence-electron chi connectivity index (χ2n) is 11.2. The van der Waals surface area contributed by atoms with E-state index in [-0.39, 0.29) is 5.92 Å². The Balaban J connectivity index is 1.27. The van der Waals surface area contributed by atoms with Crippen molar-refractivity contribution in [1.29, 1.82) is 5.26 Å². The smallest absolute Gasteiger partial charge is 0.0656 e. The van der Waals surface area contributed by atoms with Gasteiger partial charge in [0.15, 0.2) is 0 Å². The summed E-state index contributed by atoms with van der Waals surface area (Å²) >= 11 is 0. The van der Waals surface area contributed by atoms with Gasteiger partial charge in [-0.3, -0.25) is 0 Å². The maximum atomic E-state index is 9.43. The van der Waals surface area contributed by atoms with Gasteiger partial charge in [0.25, 0.3) is 0 Å². The summed E-state index contributed by atoms with van der Waals surface area (Å²) in [6.45, 7) is 4.79. The molecule has 0 aromatic carbocycles. The van der Waals surface area contributed by atoms with Gasteiger partial charge in [-0.1, -0.05) is 61.3 Å². The second kappa shape index (κ2) is 9.72. The number of unbranched alkanes of at least 4 members (excludes halogenated alkanes) is 1. The van der Waals surface area contributed by atoms with E-state index in [1.807, 2.05) is 0 Å². The molecule has 0 bridgehead atoms. The number of rotatable bonds is 8. The van der Waals surface area contributed by atoms with Gasteiger partial charge in [0, 0.05) is 5.92 Å². The topological polar surface area (TPSA) is 23.8 Å². The van der Waals surface area contributed by atoms with Gasteiger partial charge in [0.1, 0.15) is 0 Å². The molecule has 4 aliphatic rings. The Kier molecular flexibility index (Phi) is 7.02. The molecule has 3 atom stereocenters. The zero-order valence-corrected chi connectivity index (χ0v) is 19.4. The number of hydrogen-bond donors (Lipinski definition) is 0. The summed E-state index contributed by atoms with van der Waals surface area (Å²) in [5, 5.41) is 9.43. The molecule has 30 heavy (non-hydrogen) atoms. The van der Waals surface area contributed by atoms with Crippen LogP contribution in [0.15, 0.2) is 46.6 Å². The van der Waals surface area contributed by atoms with Crippen LogP contribution in [0.1, 0.15) is 104 Å². The van der Waals surface area contributed by atoms with E-state index in [9.17, 15) is 5.26 Å². The van der Waals surface area contributed by atoms with Crippen LogP contribution in [0.25, 0.3) is 0 Å². The van der Waals surface area contributed by atoms with E-state index in [1.165, 1.54) is 76.2 Å². The molecule has 0 radical (unpaired) electrons. The normalized spacial score (nSPS) is 30.5. The van der Waals surface area contributed by atoms with Crippen molar-refractivity contribution < 1.29 is 0 Å². The molecule has 4 rings (SSSR count). The van der Waals surface area contributed by atoms with Gasteiger partial charge < -0.3 is 0 Å². The molecule has 2 saturated carbocycles. The third-order valence-corrected chi connectivity index (χ3v) is 8.25. The van der Waals surface area contributed by atoms with Crippen molar-refractivity contribution in [3.05, 3.63) is 46.6 Å². The fourth-order valence-corrected chi connectivity index (χ4v) is 5.96. The Morgan fingerprint density at radius 2 is 1.83 bits per heavy atom. The van der Waals surface area contributed by atoms with Gasteiger partial charge in [0.05, 0.1) is 6.07 Å². The summed E-state index contributed by atoms with van der Waals surface area (Å²) < 4.78 is 0. The minimum absolute atomic E-state index is 0.269. The van der Waals surface area contributed by atoms with Crippen LogP contribution in [0.3, 0.4) is 0 Å². The summed E-state index contributed by atoms with van der Waals surface area (Å²) in [5.41, 5.74) is 7.17. The average Bonchev–Trinajstić information content (AvgIpc) is 3.49. The van der Waals surface area contributed by atoms with Gasteiger partial charge in [-0.15, -0.1) is 0 Å². The van der Waals surface area contributed by atoms with Crippen molar-refractivity contribution in [2.24, 2.45) is 23.2 Å². The molecule has 3 unspecified atom stereocenters. The van der Waals surface area contributed by atoms with E-state index >= 15 is 0 Å². The lowest BCUT2D eigenvalue weighted by atomic mass is 9.71. The van der Waals surface area contributed by atoms with E-state index in [0.29, 0.717) is 11.8 Å². The van der Waals surface area contributed by atoms with Crippen LogP contribution in [-0.2, 0) is 0 Å². The summed E-state index contributed by atoms with van der Waals surface area (Å²) in [5.74, 6) is 1.61. The molecule has 0 heterocycles. The Morgan fingerprint density at radius 1 is 1.03 bits per heavy atom. The average molecular weight is 404 g/mol. The van der Waals surface area contributed by atoms with Gasteiger partial charge in [-0.25, -0.2) is 0 Å². The zero-order valence-electron chi connectivity index (χ0n) is 19.4. The monoisotopic (exact) mass is 403 g/mol. The molecule has 1 heteroatoms. The molecule has 2 fully saturated rings. The van der Waals surface area contributed by atoms with E-state index in [0.717, 1.165) is 24.7 Å². The number of allylic oxidation sites excluding steroid dienone is 8. The first-order valence-electron chi connectivity index (χ1n) is 12.7. The predicted octanol–water partition coefficient (Wildman–Crippen LogP) is 8.61. The highest BCUT2D eigenvalue weighted by Crippen LogP contribution is 2.49. The van der Waals surface area contributed by atoms with Crippen LogP contribution >= 0.6 is 0 Å². The molecule has 0 N–H and O–H groups in total. The maximum absolute atomic E-state index is 9.43. The van der Waals surface area contributed by atoms with Crippen molar-refractivity contribution in [1.82, 2.24) is 0 Å². The summed E-state index contributed by atoms with van der Waals surface area (Å²) in [4.78, 5) is 0. The van der Waals surface area contributed by atoms with Gasteiger partial charge in [-0.2, -0.15) is 5.26 Å². The van der Waals surface area contributed by atoms with Crippen LogP contribution in [0.5, 0.6) is 0 Å². The maximum Gasteiger partial charge on any atom is 0.0656 e. The van der Waals surface area contributed by atoms with Gasteiger partial charge >= 0.3 is 0 Å². The first-order valence-corrected chi connectivity index (χ1v) is 12.7. The lowest BCUT2D eigenvalue weighted by molar-refractivity contribution is 0.264. The molecule has 0 spiro atoms.